The van der Waals surface area contributed by atoms with Crippen LogP contribution in [0.2, 0.25) is 0 Å². The van der Waals surface area contributed by atoms with Gasteiger partial charge in [-0.1, -0.05) is 18.2 Å². The lowest BCUT2D eigenvalue weighted by molar-refractivity contribution is -0.121. The van der Waals surface area contributed by atoms with Gasteiger partial charge in [0, 0.05) is 17.8 Å². The van der Waals surface area contributed by atoms with Crippen LogP contribution in [-0.2, 0) is 17.6 Å². The number of aryl methyl sites for hydroxylation is 1. The average molecular weight is 305 g/mol. The van der Waals surface area contributed by atoms with Crippen molar-refractivity contribution in [2.24, 2.45) is 0 Å². The van der Waals surface area contributed by atoms with Gasteiger partial charge in [-0.25, -0.2) is 4.39 Å². The van der Waals surface area contributed by atoms with Crippen molar-refractivity contribution in [2.45, 2.75) is 32.1 Å². The number of hydrogen-bond donors (Lipinski definition) is 1. The zero-order valence-electron chi connectivity index (χ0n) is 12.0. The van der Waals surface area contributed by atoms with Gasteiger partial charge >= 0.3 is 0 Å². The van der Waals surface area contributed by atoms with Gasteiger partial charge in [0.2, 0.25) is 5.91 Å². The van der Waals surface area contributed by atoms with Crippen LogP contribution in [0.5, 0.6) is 0 Å². The standard InChI is InChI=1S/C17H20FNOS/c18-15-9-7-14(8-10-15)11-12-19-17(20)6-2-1-4-16-5-3-13-21-16/h3,5,7-10,13H,1-2,4,6,11-12H2,(H,19,20). The Morgan fingerprint density at radius 1 is 1.10 bits per heavy atom. The number of nitrogens with one attached hydrogen (secondary N) is 1. The minimum absolute atomic E-state index is 0.100. The van der Waals surface area contributed by atoms with Crippen LogP contribution in [0.15, 0.2) is 41.8 Å². The van der Waals surface area contributed by atoms with Crippen LogP contribution in [0.4, 0.5) is 4.39 Å². The molecule has 0 aliphatic rings. The predicted octanol–water partition coefficient (Wildman–Crippen LogP) is 3.96. The number of carbonyl (C=O) groups excluding carboxylic acids is 1. The number of halogens is 1. The first-order valence-electron chi connectivity index (χ1n) is 7.27. The van der Waals surface area contributed by atoms with E-state index in [4.69, 9.17) is 0 Å². The quantitative estimate of drug-likeness (QED) is 0.735. The Hall–Kier alpha value is -1.68. The maximum absolute atomic E-state index is 12.7. The first kappa shape index (κ1) is 15.7. The van der Waals surface area contributed by atoms with E-state index < -0.39 is 0 Å². The first-order valence-corrected chi connectivity index (χ1v) is 8.15. The van der Waals surface area contributed by atoms with Crippen molar-refractivity contribution in [1.29, 1.82) is 0 Å². The molecule has 1 amide bonds. The molecular formula is C17H20FNOS. The van der Waals surface area contributed by atoms with Crippen LogP contribution in [0.1, 0.15) is 29.7 Å². The number of carbonyl (C=O) groups is 1. The fraction of sp³-hybridized carbons (Fsp3) is 0.353. The van der Waals surface area contributed by atoms with Gasteiger partial charge in [0.25, 0.3) is 0 Å². The molecule has 0 bridgehead atoms. The summed E-state index contributed by atoms with van der Waals surface area (Å²) in [6.45, 7) is 0.607. The minimum Gasteiger partial charge on any atom is -0.356 e. The molecule has 1 N–H and O–H groups in total. The van der Waals surface area contributed by atoms with Crippen LogP contribution in [-0.4, -0.2) is 12.5 Å². The molecule has 112 valence electrons. The predicted molar refractivity (Wildman–Crippen MR) is 85.0 cm³/mol. The molecule has 1 aromatic carbocycles. The van der Waals surface area contributed by atoms with Crippen LogP contribution in [0.25, 0.3) is 0 Å². The molecule has 1 heterocycles. The van der Waals surface area contributed by atoms with Crippen molar-refractivity contribution in [2.75, 3.05) is 6.54 Å². The Kier molecular flexibility index (Phi) is 6.41. The smallest absolute Gasteiger partial charge is 0.220 e. The molecule has 0 aliphatic heterocycles. The monoisotopic (exact) mass is 305 g/mol. The first-order chi connectivity index (χ1) is 10.2. The third kappa shape index (κ3) is 6.08. The number of rotatable bonds is 8. The molecule has 21 heavy (non-hydrogen) atoms. The second-order valence-corrected chi connectivity index (χ2v) is 6.05. The lowest BCUT2D eigenvalue weighted by atomic mass is 10.1. The highest BCUT2D eigenvalue weighted by molar-refractivity contribution is 7.09. The Labute approximate surface area is 129 Å². The van der Waals surface area contributed by atoms with E-state index >= 15 is 0 Å². The molecule has 0 saturated carbocycles. The highest BCUT2D eigenvalue weighted by Crippen LogP contribution is 2.12. The number of hydrogen-bond acceptors (Lipinski definition) is 2. The normalized spacial score (nSPS) is 10.5. The molecule has 0 radical (unpaired) electrons. The summed E-state index contributed by atoms with van der Waals surface area (Å²) in [4.78, 5) is 13.1. The highest BCUT2D eigenvalue weighted by atomic mass is 32.1. The zero-order chi connectivity index (χ0) is 14.9. The largest absolute Gasteiger partial charge is 0.356 e. The fourth-order valence-corrected chi connectivity index (χ4v) is 2.88. The third-order valence-electron chi connectivity index (χ3n) is 3.31. The van der Waals surface area contributed by atoms with E-state index in [-0.39, 0.29) is 11.7 Å². The van der Waals surface area contributed by atoms with Gasteiger partial charge in [-0.05, 0) is 54.8 Å². The average Bonchev–Trinajstić information content (AvgIpc) is 2.99. The Balaban J connectivity index is 1.54. The van der Waals surface area contributed by atoms with Crippen molar-refractivity contribution >= 4 is 17.2 Å². The minimum atomic E-state index is -0.228. The summed E-state index contributed by atoms with van der Waals surface area (Å²) in [5.41, 5.74) is 1.04. The van der Waals surface area contributed by atoms with E-state index in [1.54, 1.807) is 23.5 Å². The summed E-state index contributed by atoms with van der Waals surface area (Å²) < 4.78 is 12.7. The summed E-state index contributed by atoms with van der Waals surface area (Å²) in [6.07, 6.45) is 4.34. The SMILES string of the molecule is O=C(CCCCc1cccs1)NCCc1ccc(F)cc1. The molecule has 0 fully saturated rings. The molecule has 0 aliphatic carbocycles. The van der Waals surface area contributed by atoms with Crippen molar-refractivity contribution < 1.29 is 9.18 Å². The summed E-state index contributed by atoms with van der Waals surface area (Å²) in [7, 11) is 0. The topological polar surface area (TPSA) is 29.1 Å². The van der Waals surface area contributed by atoms with Crippen LogP contribution < -0.4 is 5.32 Å². The molecule has 0 saturated heterocycles. The number of thiophene rings is 1. The van der Waals surface area contributed by atoms with E-state index in [0.717, 1.165) is 31.2 Å². The van der Waals surface area contributed by atoms with Gasteiger partial charge in [-0.3, -0.25) is 4.79 Å². The third-order valence-corrected chi connectivity index (χ3v) is 4.24. The Morgan fingerprint density at radius 2 is 1.90 bits per heavy atom. The van der Waals surface area contributed by atoms with Gasteiger partial charge in [0.15, 0.2) is 0 Å². The van der Waals surface area contributed by atoms with Gasteiger partial charge in [-0.15, -0.1) is 11.3 Å². The highest BCUT2D eigenvalue weighted by Gasteiger charge is 2.02. The van der Waals surface area contributed by atoms with Crippen molar-refractivity contribution in [3.05, 3.63) is 58.0 Å². The lowest BCUT2D eigenvalue weighted by Crippen LogP contribution is -2.25. The van der Waals surface area contributed by atoms with Crippen LogP contribution >= 0.6 is 11.3 Å². The van der Waals surface area contributed by atoms with E-state index in [1.807, 2.05) is 0 Å². The van der Waals surface area contributed by atoms with Crippen molar-refractivity contribution in [3.8, 4) is 0 Å². The number of amides is 1. The van der Waals surface area contributed by atoms with Crippen molar-refractivity contribution in [3.63, 3.8) is 0 Å². The fourth-order valence-electron chi connectivity index (χ4n) is 2.13. The van der Waals surface area contributed by atoms with Crippen molar-refractivity contribution in [1.82, 2.24) is 5.32 Å². The van der Waals surface area contributed by atoms with Gasteiger partial charge in [0.05, 0.1) is 0 Å². The Morgan fingerprint density at radius 3 is 2.62 bits per heavy atom. The molecule has 2 aromatic rings. The van der Waals surface area contributed by atoms with E-state index in [1.165, 1.54) is 17.0 Å². The summed E-state index contributed by atoms with van der Waals surface area (Å²) in [6, 6.07) is 10.6. The zero-order valence-corrected chi connectivity index (χ0v) is 12.8. The Bertz CT molecular complexity index is 536. The van der Waals surface area contributed by atoms with E-state index in [9.17, 15) is 9.18 Å². The van der Waals surface area contributed by atoms with Gasteiger partial charge in [0.1, 0.15) is 5.82 Å². The summed E-state index contributed by atoms with van der Waals surface area (Å²) in [5.74, 6) is -0.128. The number of unbranched alkanes of at least 4 members (excludes halogenated alkanes) is 1. The maximum Gasteiger partial charge on any atom is 0.220 e. The summed E-state index contributed by atoms with van der Waals surface area (Å²) >= 11 is 1.77. The second kappa shape index (κ2) is 8.57. The van der Waals surface area contributed by atoms with Gasteiger partial charge in [-0.2, -0.15) is 0 Å². The molecule has 0 atom stereocenters. The molecule has 4 heteroatoms. The maximum atomic E-state index is 12.7. The van der Waals surface area contributed by atoms with Gasteiger partial charge < -0.3 is 5.32 Å². The molecule has 0 unspecified atom stereocenters. The van der Waals surface area contributed by atoms with E-state index in [0.29, 0.717) is 13.0 Å². The molecule has 2 rings (SSSR count). The lowest BCUT2D eigenvalue weighted by Gasteiger charge is -2.05. The molecule has 1 aromatic heterocycles. The molecule has 0 spiro atoms. The van der Waals surface area contributed by atoms with Crippen LogP contribution in [0, 0.1) is 5.82 Å². The molecular weight excluding hydrogens is 285 g/mol. The van der Waals surface area contributed by atoms with E-state index in [2.05, 4.69) is 22.8 Å². The second-order valence-electron chi connectivity index (χ2n) is 5.01. The number of benzene rings is 1. The molecule has 2 nitrogen and oxygen atoms in total. The summed E-state index contributed by atoms with van der Waals surface area (Å²) in [5, 5.41) is 4.99. The van der Waals surface area contributed by atoms with Crippen LogP contribution in [0.3, 0.4) is 0 Å².